The molecule has 1 heteroatoms. The zero-order valence-corrected chi connectivity index (χ0v) is 11.7. The number of rotatable bonds is 4. The van der Waals surface area contributed by atoms with Crippen molar-refractivity contribution in [3.63, 3.8) is 0 Å². The summed E-state index contributed by atoms with van der Waals surface area (Å²) in [5.41, 5.74) is 5.21. The lowest BCUT2D eigenvalue weighted by Crippen LogP contribution is -1.91. The third kappa shape index (κ3) is 3.00. The maximum atomic E-state index is 5.40. The summed E-state index contributed by atoms with van der Waals surface area (Å²) in [5, 5.41) is 0. The Hall–Kier alpha value is -2.28. The second kappa shape index (κ2) is 5.79. The number of aryl methyl sites for hydroxylation is 3. The molecule has 1 nitrogen and oxygen atoms in total. The molecule has 0 N–H and O–H groups in total. The molecule has 3 aromatic rings. The van der Waals surface area contributed by atoms with E-state index in [-0.39, 0.29) is 0 Å². The van der Waals surface area contributed by atoms with Gasteiger partial charge in [-0.3, -0.25) is 0 Å². The highest BCUT2D eigenvalue weighted by Gasteiger charge is 2.01. The average molecular weight is 262 g/mol. The van der Waals surface area contributed by atoms with E-state index in [9.17, 15) is 0 Å². The van der Waals surface area contributed by atoms with E-state index in [1.807, 2.05) is 12.1 Å². The van der Waals surface area contributed by atoms with Crippen molar-refractivity contribution in [2.24, 2.45) is 0 Å². The molecule has 0 spiro atoms. The van der Waals surface area contributed by atoms with Gasteiger partial charge in [0.2, 0.25) is 0 Å². The Labute approximate surface area is 119 Å². The number of benzene rings is 2. The summed E-state index contributed by atoms with van der Waals surface area (Å²) in [6.45, 7) is 2.12. The number of furan rings is 1. The summed E-state index contributed by atoms with van der Waals surface area (Å²) in [4.78, 5) is 0. The van der Waals surface area contributed by atoms with E-state index in [2.05, 4.69) is 55.5 Å². The Bertz CT molecular complexity index is 646. The van der Waals surface area contributed by atoms with Crippen LogP contribution in [0.1, 0.15) is 16.7 Å². The van der Waals surface area contributed by atoms with Gasteiger partial charge in [-0.2, -0.15) is 0 Å². The van der Waals surface area contributed by atoms with Crippen molar-refractivity contribution in [2.75, 3.05) is 0 Å². The first-order valence-corrected chi connectivity index (χ1v) is 7.00. The fourth-order valence-corrected chi connectivity index (χ4v) is 2.32. The van der Waals surface area contributed by atoms with Gasteiger partial charge < -0.3 is 4.42 Å². The van der Waals surface area contributed by atoms with Gasteiger partial charge >= 0.3 is 0 Å². The SMILES string of the molecule is Cc1ccc(CCc2ccc(-c3ccco3)cc2)cc1. The van der Waals surface area contributed by atoms with Crippen molar-refractivity contribution in [1.29, 1.82) is 0 Å². The topological polar surface area (TPSA) is 13.1 Å². The second-order valence-corrected chi connectivity index (χ2v) is 5.16. The zero-order valence-electron chi connectivity index (χ0n) is 11.7. The van der Waals surface area contributed by atoms with Crippen molar-refractivity contribution in [2.45, 2.75) is 19.8 Å². The lowest BCUT2D eigenvalue weighted by Gasteiger charge is -2.04. The van der Waals surface area contributed by atoms with E-state index in [1.54, 1.807) is 6.26 Å². The molecule has 0 atom stereocenters. The summed E-state index contributed by atoms with van der Waals surface area (Å²) in [6.07, 6.45) is 3.86. The molecule has 0 radical (unpaired) electrons. The van der Waals surface area contributed by atoms with E-state index in [0.717, 1.165) is 24.2 Å². The molecule has 0 saturated carbocycles. The third-order valence-electron chi connectivity index (χ3n) is 3.58. The quantitative estimate of drug-likeness (QED) is 0.642. The summed E-state index contributed by atoms with van der Waals surface area (Å²) in [6, 6.07) is 21.3. The molecule has 0 amide bonds. The molecule has 1 aromatic heterocycles. The highest BCUT2D eigenvalue weighted by molar-refractivity contribution is 5.57. The molecule has 100 valence electrons. The summed E-state index contributed by atoms with van der Waals surface area (Å²) in [5.74, 6) is 0.926. The van der Waals surface area contributed by atoms with Gasteiger partial charge in [-0.15, -0.1) is 0 Å². The predicted molar refractivity (Wildman–Crippen MR) is 82.7 cm³/mol. The monoisotopic (exact) mass is 262 g/mol. The Morgan fingerprint density at radius 3 is 1.90 bits per heavy atom. The van der Waals surface area contributed by atoms with Crippen LogP contribution in [-0.2, 0) is 12.8 Å². The van der Waals surface area contributed by atoms with Gasteiger partial charge in [0, 0.05) is 5.56 Å². The minimum atomic E-state index is 0.926. The summed E-state index contributed by atoms with van der Waals surface area (Å²) >= 11 is 0. The predicted octanol–water partition coefficient (Wildman–Crippen LogP) is 5.04. The molecule has 0 aliphatic carbocycles. The molecule has 2 aromatic carbocycles. The van der Waals surface area contributed by atoms with Crippen molar-refractivity contribution in [3.05, 3.63) is 83.6 Å². The van der Waals surface area contributed by atoms with Crippen molar-refractivity contribution in [1.82, 2.24) is 0 Å². The molecule has 0 aliphatic heterocycles. The highest BCUT2D eigenvalue weighted by Crippen LogP contribution is 2.20. The van der Waals surface area contributed by atoms with Gasteiger partial charge in [-0.1, -0.05) is 54.1 Å². The first-order chi connectivity index (χ1) is 9.81. The summed E-state index contributed by atoms with van der Waals surface area (Å²) < 4.78 is 5.40. The standard InChI is InChI=1S/C19H18O/c1-15-4-6-16(7-5-15)8-9-17-10-12-18(13-11-17)19-3-2-14-20-19/h2-7,10-14H,8-9H2,1H3. The minimum absolute atomic E-state index is 0.926. The molecular weight excluding hydrogens is 244 g/mol. The first-order valence-electron chi connectivity index (χ1n) is 7.00. The molecular formula is C19H18O. The van der Waals surface area contributed by atoms with Crippen LogP contribution in [0.25, 0.3) is 11.3 Å². The Morgan fingerprint density at radius 1 is 0.750 bits per heavy atom. The van der Waals surface area contributed by atoms with Gasteiger partial charge in [0.25, 0.3) is 0 Å². The van der Waals surface area contributed by atoms with Crippen molar-refractivity contribution in [3.8, 4) is 11.3 Å². The molecule has 0 saturated heterocycles. The molecule has 1 heterocycles. The lowest BCUT2D eigenvalue weighted by atomic mass is 10.0. The molecule has 0 bridgehead atoms. The third-order valence-corrected chi connectivity index (χ3v) is 3.58. The van der Waals surface area contributed by atoms with Crippen molar-refractivity contribution >= 4 is 0 Å². The van der Waals surface area contributed by atoms with E-state index in [0.29, 0.717) is 0 Å². The van der Waals surface area contributed by atoms with Gasteiger partial charge in [-0.05, 0) is 43.0 Å². The second-order valence-electron chi connectivity index (χ2n) is 5.16. The van der Waals surface area contributed by atoms with Crippen LogP contribution in [0.2, 0.25) is 0 Å². The van der Waals surface area contributed by atoms with Crippen LogP contribution in [0.3, 0.4) is 0 Å². The van der Waals surface area contributed by atoms with Crippen molar-refractivity contribution < 1.29 is 4.42 Å². The first kappa shape index (κ1) is 12.7. The van der Waals surface area contributed by atoms with E-state index < -0.39 is 0 Å². The lowest BCUT2D eigenvalue weighted by molar-refractivity contribution is 0.582. The zero-order chi connectivity index (χ0) is 13.8. The summed E-state index contributed by atoms with van der Waals surface area (Å²) in [7, 11) is 0. The normalized spacial score (nSPS) is 10.7. The van der Waals surface area contributed by atoms with Gasteiger partial charge in [0.15, 0.2) is 0 Å². The van der Waals surface area contributed by atoms with Gasteiger partial charge in [0.1, 0.15) is 5.76 Å². The van der Waals surface area contributed by atoms with Crippen LogP contribution in [-0.4, -0.2) is 0 Å². The number of hydrogen-bond acceptors (Lipinski definition) is 1. The number of hydrogen-bond donors (Lipinski definition) is 0. The van der Waals surface area contributed by atoms with Gasteiger partial charge in [-0.25, -0.2) is 0 Å². The molecule has 0 unspecified atom stereocenters. The molecule has 0 aliphatic rings. The minimum Gasteiger partial charge on any atom is -0.464 e. The maximum absolute atomic E-state index is 5.40. The van der Waals surface area contributed by atoms with E-state index in [4.69, 9.17) is 4.42 Å². The van der Waals surface area contributed by atoms with Crippen LogP contribution in [0, 0.1) is 6.92 Å². The van der Waals surface area contributed by atoms with E-state index >= 15 is 0 Å². The highest BCUT2D eigenvalue weighted by atomic mass is 16.3. The fourth-order valence-electron chi connectivity index (χ4n) is 2.32. The maximum Gasteiger partial charge on any atom is 0.133 e. The Balaban J connectivity index is 1.65. The fraction of sp³-hybridized carbons (Fsp3) is 0.158. The van der Waals surface area contributed by atoms with Crippen LogP contribution < -0.4 is 0 Å². The van der Waals surface area contributed by atoms with Gasteiger partial charge in [0.05, 0.1) is 6.26 Å². The van der Waals surface area contributed by atoms with E-state index in [1.165, 1.54) is 16.7 Å². The Kier molecular flexibility index (Phi) is 3.69. The van der Waals surface area contributed by atoms with Crippen LogP contribution >= 0.6 is 0 Å². The van der Waals surface area contributed by atoms with Crippen LogP contribution in [0.15, 0.2) is 71.3 Å². The smallest absolute Gasteiger partial charge is 0.133 e. The Morgan fingerprint density at radius 2 is 1.35 bits per heavy atom. The largest absolute Gasteiger partial charge is 0.464 e. The average Bonchev–Trinajstić information content (AvgIpc) is 3.01. The van der Waals surface area contributed by atoms with Crippen LogP contribution in [0.4, 0.5) is 0 Å². The van der Waals surface area contributed by atoms with Crippen LogP contribution in [0.5, 0.6) is 0 Å². The molecule has 0 fully saturated rings. The molecule has 3 rings (SSSR count). The molecule has 20 heavy (non-hydrogen) atoms.